The molecule has 0 saturated heterocycles. The van der Waals surface area contributed by atoms with E-state index >= 15 is 0 Å². The molecule has 0 bridgehead atoms. The zero-order chi connectivity index (χ0) is 13.8. The quantitative estimate of drug-likeness (QED) is 0.930. The normalized spacial score (nSPS) is 12.0. The van der Waals surface area contributed by atoms with Gasteiger partial charge >= 0.3 is 0 Å². The van der Waals surface area contributed by atoms with E-state index in [9.17, 15) is 5.11 Å². The molecule has 1 unspecified atom stereocenters. The van der Waals surface area contributed by atoms with Crippen LogP contribution in [0.4, 0.5) is 0 Å². The molecule has 0 aliphatic rings. The van der Waals surface area contributed by atoms with Gasteiger partial charge in [0.1, 0.15) is 11.8 Å². The fourth-order valence-electron chi connectivity index (χ4n) is 1.61. The van der Waals surface area contributed by atoms with Crippen molar-refractivity contribution in [3.8, 4) is 11.8 Å². The minimum absolute atomic E-state index is 0.224. The molecule has 100 valence electrons. The molecule has 0 radical (unpaired) electrons. The van der Waals surface area contributed by atoms with Crippen LogP contribution in [0.2, 0.25) is 5.02 Å². The van der Waals surface area contributed by atoms with Gasteiger partial charge < -0.3 is 14.6 Å². The smallest absolute Gasteiger partial charge is 0.241 e. The molecule has 0 aliphatic carbocycles. The van der Waals surface area contributed by atoms with Gasteiger partial charge in [-0.2, -0.15) is 4.98 Å². The van der Waals surface area contributed by atoms with Crippen LogP contribution in [0.5, 0.6) is 11.8 Å². The number of aromatic nitrogens is 2. The van der Waals surface area contributed by atoms with Crippen molar-refractivity contribution in [3.05, 3.63) is 46.7 Å². The van der Waals surface area contributed by atoms with Gasteiger partial charge in [0.05, 0.1) is 20.4 Å². The van der Waals surface area contributed by atoms with Crippen LogP contribution in [0.1, 0.15) is 17.4 Å². The van der Waals surface area contributed by atoms with E-state index in [4.69, 9.17) is 21.1 Å². The summed E-state index contributed by atoms with van der Waals surface area (Å²) in [6.45, 7) is 0. The molecule has 5 nitrogen and oxygen atoms in total. The summed E-state index contributed by atoms with van der Waals surface area (Å²) >= 11 is 5.81. The average Bonchev–Trinajstić information content (AvgIpc) is 2.46. The summed E-state index contributed by atoms with van der Waals surface area (Å²) in [5.41, 5.74) is 0.979. The zero-order valence-electron chi connectivity index (χ0n) is 10.5. The van der Waals surface area contributed by atoms with E-state index in [2.05, 4.69) is 9.97 Å². The highest BCUT2D eigenvalue weighted by molar-refractivity contribution is 6.30. The lowest BCUT2D eigenvalue weighted by Gasteiger charge is -2.13. The minimum atomic E-state index is -0.939. The van der Waals surface area contributed by atoms with Gasteiger partial charge in [-0.3, -0.25) is 0 Å². The summed E-state index contributed by atoms with van der Waals surface area (Å²) in [6.07, 6.45) is 0.488. The molecule has 0 spiro atoms. The van der Waals surface area contributed by atoms with Crippen LogP contribution in [0, 0.1) is 0 Å². The van der Waals surface area contributed by atoms with Crippen LogP contribution in [0.25, 0.3) is 0 Å². The molecule has 0 amide bonds. The molecule has 2 aromatic rings. The molecule has 0 aliphatic heterocycles. The predicted octanol–water partition coefficient (Wildman–Crippen LogP) is 2.23. The maximum atomic E-state index is 10.3. The van der Waals surface area contributed by atoms with Gasteiger partial charge in [-0.15, -0.1) is 0 Å². The average molecular weight is 281 g/mol. The number of aliphatic hydroxyl groups excluding tert-OH is 1. The van der Waals surface area contributed by atoms with E-state index in [1.54, 1.807) is 24.3 Å². The SMILES string of the molecule is COc1cnc(C(O)c2ccc(Cl)cc2)c(OC)n1. The van der Waals surface area contributed by atoms with E-state index in [-0.39, 0.29) is 5.88 Å². The standard InChI is InChI=1S/C13H13ClN2O3/c1-18-10-7-15-11(13(16-10)19-2)12(17)8-3-5-9(14)6-4-8/h3-7,12,17H,1-2H3. The number of hydrogen-bond acceptors (Lipinski definition) is 5. The van der Waals surface area contributed by atoms with Crippen molar-refractivity contribution < 1.29 is 14.6 Å². The Bertz CT molecular complexity index is 560. The first-order valence-electron chi connectivity index (χ1n) is 5.54. The molecule has 2 rings (SSSR count). The monoisotopic (exact) mass is 280 g/mol. The second-order valence-corrected chi connectivity index (χ2v) is 4.20. The first kappa shape index (κ1) is 13.6. The topological polar surface area (TPSA) is 64.5 Å². The van der Waals surface area contributed by atoms with E-state index in [0.29, 0.717) is 22.2 Å². The van der Waals surface area contributed by atoms with Crippen molar-refractivity contribution in [2.45, 2.75) is 6.10 Å². The first-order valence-corrected chi connectivity index (χ1v) is 5.92. The van der Waals surface area contributed by atoms with E-state index < -0.39 is 6.10 Å². The van der Waals surface area contributed by atoms with E-state index in [1.165, 1.54) is 20.4 Å². The Hall–Kier alpha value is -1.85. The Labute approximate surface area is 115 Å². The second kappa shape index (κ2) is 5.86. The molecule has 1 N–H and O–H groups in total. The Morgan fingerprint density at radius 2 is 1.84 bits per heavy atom. The molecule has 0 fully saturated rings. The third kappa shape index (κ3) is 2.94. The molecular weight excluding hydrogens is 268 g/mol. The summed E-state index contributed by atoms with van der Waals surface area (Å²) in [6, 6.07) is 6.84. The van der Waals surface area contributed by atoms with Gasteiger partial charge in [0, 0.05) is 5.02 Å². The third-order valence-electron chi connectivity index (χ3n) is 2.59. The molecular formula is C13H13ClN2O3. The maximum Gasteiger partial charge on any atom is 0.241 e. The zero-order valence-corrected chi connectivity index (χ0v) is 11.3. The van der Waals surface area contributed by atoms with Gasteiger partial charge in [0.15, 0.2) is 0 Å². The maximum absolute atomic E-state index is 10.3. The lowest BCUT2D eigenvalue weighted by molar-refractivity contribution is 0.206. The summed E-state index contributed by atoms with van der Waals surface area (Å²) in [5.74, 6) is 0.547. The number of aliphatic hydroxyl groups is 1. The molecule has 19 heavy (non-hydrogen) atoms. The highest BCUT2D eigenvalue weighted by atomic mass is 35.5. The van der Waals surface area contributed by atoms with Gasteiger partial charge in [0.25, 0.3) is 0 Å². The number of rotatable bonds is 4. The fraction of sp³-hybridized carbons (Fsp3) is 0.231. The van der Waals surface area contributed by atoms with Crippen LogP contribution >= 0.6 is 11.6 Å². The molecule has 1 heterocycles. The molecule has 1 aromatic carbocycles. The number of hydrogen-bond donors (Lipinski definition) is 1. The lowest BCUT2D eigenvalue weighted by atomic mass is 10.1. The van der Waals surface area contributed by atoms with Crippen LogP contribution in [-0.4, -0.2) is 29.3 Å². The molecule has 1 aromatic heterocycles. The molecule has 1 atom stereocenters. The van der Waals surface area contributed by atoms with Crippen molar-refractivity contribution in [1.29, 1.82) is 0 Å². The van der Waals surface area contributed by atoms with Crippen LogP contribution in [0.3, 0.4) is 0 Å². The van der Waals surface area contributed by atoms with Gasteiger partial charge in [-0.1, -0.05) is 23.7 Å². The summed E-state index contributed by atoms with van der Waals surface area (Å²) in [7, 11) is 2.94. The largest absolute Gasteiger partial charge is 0.480 e. The van der Waals surface area contributed by atoms with E-state index in [0.717, 1.165) is 0 Å². The number of halogens is 1. The Kier molecular flexibility index (Phi) is 4.19. The number of nitrogens with zero attached hydrogens (tertiary/aromatic N) is 2. The highest BCUT2D eigenvalue weighted by Gasteiger charge is 2.19. The van der Waals surface area contributed by atoms with Crippen molar-refractivity contribution in [2.75, 3.05) is 14.2 Å². The Balaban J connectivity index is 2.37. The van der Waals surface area contributed by atoms with Crippen LogP contribution < -0.4 is 9.47 Å². The summed E-state index contributed by atoms with van der Waals surface area (Å²) < 4.78 is 10.1. The van der Waals surface area contributed by atoms with Crippen molar-refractivity contribution in [1.82, 2.24) is 9.97 Å². The van der Waals surface area contributed by atoms with Crippen molar-refractivity contribution in [2.24, 2.45) is 0 Å². The third-order valence-corrected chi connectivity index (χ3v) is 2.84. The summed E-state index contributed by atoms with van der Waals surface area (Å²) in [4.78, 5) is 8.20. The Morgan fingerprint density at radius 1 is 1.16 bits per heavy atom. The predicted molar refractivity (Wildman–Crippen MR) is 70.6 cm³/mol. The Morgan fingerprint density at radius 3 is 2.42 bits per heavy atom. The van der Waals surface area contributed by atoms with Crippen molar-refractivity contribution in [3.63, 3.8) is 0 Å². The second-order valence-electron chi connectivity index (χ2n) is 3.76. The van der Waals surface area contributed by atoms with E-state index in [1.807, 2.05) is 0 Å². The number of benzene rings is 1. The molecule has 0 saturated carbocycles. The lowest BCUT2D eigenvalue weighted by Crippen LogP contribution is -2.07. The molecule has 6 heteroatoms. The van der Waals surface area contributed by atoms with Gasteiger partial charge in [-0.05, 0) is 17.7 Å². The highest BCUT2D eigenvalue weighted by Crippen LogP contribution is 2.28. The van der Waals surface area contributed by atoms with Crippen LogP contribution in [-0.2, 0) is 0 Å². The summed E-state index contributed by atoms with van der Waals surface area (Å²) in [5, 5.41) is 10.9. The van der Waals surface area contributed by atoms with Gasteiger partial charge in [-0.25, -0.2) is 4.98 Å². The first-order chi connectivity index (χ1) is 9.15. The number of ether oxygens (including phenoxy) is 2. The number of methoxy groups -OCH3 is 2. The minimum Gasteiger partial charge on any atom is -0.480 e. The van der Waals surface area contributed by atoms with Crippen molar-refractivity contribution >= 4 is 11.6 Å². The van der Waals surface area contributed by atoms with Crippen LogP contribution in [0.15, 0.2) is 30.5 Å². The van der Waals surface area contributed by atoms with Gasteiger partial charge in [0.2, 0.25) is 11.8 Å². The fourth-order valence-corrected chi connectivity index (χ4v) is 1.73.